The van der Waals surface area contributed by atoms with Gasteiger partial charge in [-0.2, -0.15) is 0 Å². The molecule has 1 aromatic rings. The van der Waals surface area contributed by atoms with Crippen molar-refractivity contribution in [2.24, 2.45) is 5.73 Å². The molecule has 0 saturated heterocycles. The Hall–Kier alpha value is -1.79. The minimum absolute atomic E-state index is 0.0603. The topological polar surface area (TPSA) is 55.1 Å². The van der Waals surface area contributed by atoms with Gasteiger partial charge in [0.25, 0.3) is 5.91 Å². The second-order valence-electron chi connectivity index (χ2n) is 5.07. The number of aryl methyl sites for hydroxylation is 1. The maximum absolute atomic E-state index is 12.3. The average molecular weight is 272 g/mol. The molecular formula is C17H24N2O. The largest absolute Gasteiger partial charge is 0.350 e. The van der Waals surface area contributed by atoms with E-state index in [4.69, 9.17) is 5.73 Å². The van der Waals surface area contributed by atoms with Crippen LogP contribution in [0.1, 0.15) is 54.6 Å². The van der Waals surface area contributed by atoms with Crippen molar-refractivity contribution in [1.29, 1.82) is 0 Å². The molecule has 3 nitrogen and oxygen atoms in total. The number of nitrogens with one attached hydrogen (secondary N) is 1. The zero-order valence-corrected chi connectivity index (χ0v) is 12.6. The van der Waals surface area contributed by atoms with Gasteiger partial charge in [0.1, 0.15) is 0 Å². The lowest BCUT2D eigenvalue weighted by atomic mass is 10.0. The van der Waals surface area contributed by atoms with Crippen LogP contribution in [-0.2, 0) is 0 Å². The summed E-state index contributed by atoms with van der Waals surface area (Å²) >= 11 is 0. The number of carbonyl (C=O) groups excluding carboxylic acids is 1. The molecule has 0 saturated carbocycles. The Bertz CT molecular complexity index is 511. The third-order valence-electron chi connectivity index (χ3n) is 3.11. The first-order valence-electron chi connectivity index (χ1n) is 7.19. The van der Waals surface area contributed by atoms with Gasteiger partial charge in [-0.15, -0.1) is 0 Å². The minimum Gasteiger partial charge on any atom is -0.350 e. The van der Waals surface area contributed by atoms with Gasteiger partial charge in [0.2, 0.25) is 0 Å². The molecule has 0 aromatic heterocycles. The number of benzene rings is 1. The predicted molar refractivity (Wildman–Crippen MR) is 83.6 cm³/mol. The third-order valence-corrected chi connectivity index (χ3v) is 3.11. The Morgan fingerprint density at radius 2 is 2.20 bits per heavy atom. The first kappa shape index (κ1) is 16.3. The van der Waals surface area contributed by atoms with Gasteiger partial charge in [0, 0.05) is 11.6 Å². The van der Waals surface area contributed by atoms with Crippen molar-refractivity contribution in [2.45, 2.75) is 46.1 Å². The van der Waals surface area contributed by atoms with Crippen molar-refractivity contribution in [3.8, 4) is 11.8 Å². The van der Waals surface area contributed by atoms with E-state index in [0.29, 0.717) is 12.1 Å². The standard InChI is InChI=1S/C17H24N2O/c1-4-5-7-14(3)19-17(20)16-10-9-13(2)12-15(16)8-6-11-18/h9-10,12,14H,4-5,7,11,18H2,1-3H3,(H,19,20). The molecule has 0 radical (unpaired) electrons. The van der Waals surface area contributed by atoms with Crippen LogP contribution >= 0.6 is 0 Å². The Labute approximate surface area is 121 Å². The summed E-state index contributed by atoms with van der Waals surface area (Å²) in [6, 6.07) is 5.87. The van der Waals surface area contributed by atoms with Gasteiger partial charge in [0.15, 0.2) is 0 Å². The van der Waals surface area contributed by atoms with E-state index in [2.05, 4.69) is 24.1 Å². The van der Waals surface area contributed by atoms with E-state index in [1.54, 1.807) is 0 Å². The number of unbranched alkanes of at least 4 members (excludes halogenated alkanes) is 1. The van der Waals surface area contributed by atoms with Crippen molar-refractivity contribution < 1.29 is 4.79 Å². The van der Waals surface area contributed by atoms with E-state index in [0.717, 1.165) is 30.4 Å². The SMILES string of the molecule is CCCCC(C)NC(=O)c1ccc(C)cc1C#CCN. The molecule has 0 bridgehead atoms. The van der Waals surface area contributed by atoms with E-state index in [1.165, 1.54) is 0 Å². The molecule has 1 amide bonds. The summed E-state index contributed by atoms with van der Waals surface area (Å²) < 4.78 is 0. The van der Waals surface area contributed by atoms with Crippen LogP contribution in [0.4, 0.5) is 0 Å². The Kier molecular flexibility index (Phi) is 6.83. The van der Waals surface area contributed by atoms with Gasteiger partial charge < -0.3 is 11.1 Å². The molecule has 1 unspecified atom stereocenters. The molecule has 0 fully saturated rings. The van der Waals surface area contributed by atoms with E-state index < -0.39 is 0 Å². The van der Waals surface area contributed by atoms with Crippen LogP contribution < -0.4 is 11.1 Å². The molecule has 1 rings (SSSR count). The molecule has 3 heteroatoms. The highest BCUT2D eigenvalue weighted by molar-refractivity contribution is 5.97. The van der Waals surface area contributed by atoms with Crippen molar-refractivity contribution in [1.82, 2.24) is 5.32 Å². The van der Waals surface area contributed by atoms with E-state index in [9.17, 15) is 4.79 Å². The first-order chi connectivity index (χ1) is 9.58. The number of nitrogens with two attached hydrogens (primary N) is 1. The summed E-state index contributed by atoms with van der Waals surface area (Å²) in [5, 5.41) is 3.03. The number of hydrogen-bond donors (Lipinski definition) is 2. The first-order valence-corrected chi connectivity index (χ1v) is 7.19. The van der Waals surface area contributed by atoms with Gasteiger partial charge >= 0.3 is 0 Å². The van der Waals surface area contributed by atoms with Crippen molar-refractivity contribution in [2.75, 3.05) is 6.54 Å². The second-order valence-corrected chi connectivity index (χ2v) is 5.07. The lowest BCUT2D eigenvalue weighted by Gasteiger charge is -2.14. The zero-order valence-electron chi connectivity index (χ0n) is 12.6. The fourth-order valence-electron chi connectivity index (χ4n) is 1.99. The lowest BCUT2D eigenvalue weighted by molar-refractivity contribution is 0.0938. The van der Waals surface area contributed by atoms with Crippen LogP contribution in [0.15, 0.2) is 18.2 Å². The number of hydrogen-bond acceptors (Lipinski definition) is 2. The Balaban J connectivity index is 2.86. The fourth-order valence-corrected chi connectivity index (χ4v) is 1.99. The Morgan fingerprint density at radius 1 is 1.45 bits per heavy atom. The van der Waals surface area contributed by atoms with E-state index in [-0.39, 0.29) is 11.9 Å². The van der Waals surface area contributed by atoms with Crippen LogP contribution in [0.25, 0.3) is 0 Å². The third kappa shape index (κ3) is 5.07. The van der Waals surface area contributed by atoms with Crippen molar-refractivity contribution >= 4 is 5.91 Å². The molecule has 0 aliphatic heterocycles. The number of carbonyl (C=O) groups is 1. The summed E-state index contributed by atoms with van der Waals surface area (Å²) in [5.74, 6) is 5.73. The van der Waals surface area contributed by atoms with Crippen LogP contribution in [0.3, 0.4) is 0 Å². The van der Waals surface area contributed by atoms with Crippen molar-refractivity contribution in [3.05, 3.63) is 34.9 Å². The van der Waals surface area contributed by atoms with Gasteiger partial charge in [0.05, 0.1) is 12.1 Å². The van der Waals surface area contributed by atoms with Crippen LogP contribution in [0.2, 0.25) is 0 Å². The van der Waals surface area contributed by atoms with Gasteiger partial charge in [-0.3, -0.25) is 4.79 Å². The quantitative estimate of drug-likeness (QED) is 0.810. The molecule has 3 N–H and O–H groups in total. The van der Waals surface area contributed by atoms with Crippen LogP contribution in [-0.4, -0.2) is 18.5 Å². The summed E-state index contributed by atoms with van der Waals surface area (Å²) in [4.78, 5) is 12.3. The minimum atomic E-state index is -0.0603. The molecule has 1 atom stereocenters. The lowest BCUT2D eigenvalue weighted by Crippen LogP contribution is -2.33. The molecule has 1 aromatic carbocycles. The smallest absolute Gasteiger partial charge is 0.252 e. The maximum atomic E-state index is 12.3. The molecule has 0 heterocycles. The molecule has 0 aliphatic rings. The number of rotatable bonds is 5. The van der Waals surface area contributed by atoms with Gasteiger partial charge in [-0.05, 0) is 38.0 Å². The fraction of sp³-hybridized carbons (Fsp3) is 0.471. The molecule has 0 aliphatic carbocycles. The highest BCUT2D eigenvalue weighted by Gasteiger charge is 2.12. The number of amides is 1. The Morgan fingerprint density at radius 3 is 2.85 bits per heavy atom. The average Bonchev–Trinajstić information content (AvgIpc) is 2.42. The monoisotopic (exact) mass is 272 g/mol. The second kappa shape index (κ2) is 8.39. The van der Waals surface area contributed by atoms with Crippen molar-refractivity contribution in [3.63, 3.8) is 0 Å². The summed E-state index contributed by atoms with van der Waals surface area (Å²) in [6.07, 6.45) is 3.26. The summed E-state index contributed by atoms with van der Waals surface area (Å²) in [6.45, 7) is 6.46. The molecule has 108 valence electrons. The highest BCUT2D eigenvalue weighted by Crippen LogP contribution is 2.11. The van der Waals surface area contributed by atoms with Crippen LogP contribution in [0.5, 0.6) is 0 Å². The van der Waals surface area contributed by atoms with E-state index >= 15 is 0 Å². The van der Waals surface area contributed by atoms with E-state index in [1.807, 2.05) is 32.0 Å². The molecule has 0 spiro atoms. The maximum Gasteiger partial charge on any atom is 0.252 e. The molecular weight excluding hydrogens is 248 g/mol. The highest BCUT2D eigenvalue weighted by atomic mass is 16.1. The molecule has 20 heavy (non-hydrogen) atoms. The van der Waals surface area contributed by atoms with Gasteiger partial charge in [-0.25, -0.2) is 0 Å². The summed E-state index contributed by atoms with van der Waals surface area (Å²) in [5.41, 5.74) is 7.86. The predicted octanol–water partition coefficient (Wildman–Crippen LogP) is 2.61. The normalized spacial score (nSPS) is 11.4. The summed E-state index contributed by atoms with van der Waals surface area (Å²) in [7, 11) is 0. The van der Waals surface area contributed by atoms with Gasteiger partial charge in [-0.1, -0.05) is 37.7 Å². The zero-order chi connectivity index (χ0) is 15.0. The van der Waals surface area contributed by atoms with Crippen LogP contribution in [0, 0.1) is 18.8 Å².